The van der Waals surface area contributed by atoms with Crippen LogP contribution in [0.25, 0.3) is 0 Å². The van der Waals surface area contributed by atoms with Crippen LogP contribution >= 0.6 is 39.9 Å². The molecule has 0 amide bonds. The van der Waals surface area contributed by atoms with Crippen LogP contribution in [0.2, 0.25) is 5.02 Å². The second-order valence-electron chi connectivity index (χ2n) is 7.02. The van der Waals surface area contributed by atoms with Crippen molar-refractivity contribution in [2.45, 2.75) is 32.6 Å². The van der Waals surface area contributed by atoms with Crippen molar-refractivity contribution in [2.75, 3.05) is 26.2 Å². The van der Waals surface area contributed by atoms with E-state index in [0.29, 0.717) is 6.61 Å². The van der Waals surface area contributed by atoms with Crippen molar-refractivity contribution in [1.29, 1.82) is 0 Å². The molecule has 0 spiro atoms. The maximum Gasteiger partial charge on any atom is 0.119 e. The van der Waals surface area contributed by atoms with E-state index in [0.717, 1.165) is 36.1 Å². The average Bonchev–Trinajstić information content (AvgIpc) is 2.65. The van der Waals surface area contributed by atoms with Crippen LogP contribution < -0.4 is 4.74 Å². The zero-order chi connectivity index (χ0) is 18.4. The van der Waals surface area contributed by atoms with Crippen molar-refractivity contribution in [1.82, 2.24) is 4.90 Å². The number of ether oxygens (including phenoxy) is 1. The second kappa shape index (κ2) is 11.3. The van der Waals surface area contributed by atoms with E-state index in [2.05, 4.69) is 45.1 Å². The number of nitrogens with zero attached hydrogens (tertiary/aromatic N) is 1. The van der Waals surface area contributed by atoms with Crippen molar-refractivity contribution in [3.63, 3.8) is 0 Å². The molecule has 1 fully saturated rings. The van der Waals surface area contributed by atoms with E-state index in [1.165, 1.54) is 41.5 Å². The molecule has 0 radical (unpaired) electrons. The third-order valence-electron chi connectivity index (χ3n) is 5.20. The summed E-state index contributed by atoms with van der Waals surface area (Å²) in [5.74, 6) is 1.72. The first-order valence-corrected chi connectivity index (χ1v) is 10.7. The Balaban J connectivity index is 0.00000261. The molecular weight excluding hydrogens is 445 g/mol. The summed E-state index contributed by atoms with van der Waals surface area (Å²) < 4.78 is 6.85. The summed E-state index contributed by atoms with van der Waals surface area (Å²) in [7, 11) is 0. The van der Waals surface area contributed by atoms with E-state index in [1.54, 1.807) is 0 Å². The average molecular weight is 473 g/mol. The Hall–Kier alpha value is -0.740. The van der Waals surface area contributed by atoms with Gasteiger partial charge in [0.15, 0.2) is 0 Å². The van der Waals surface area contributed by atoms with Gasteiger partial charge < -0.3 is 9.64 Å². The number of hydrogen-bond acceptors (Lipinski definition) is 2. The molecule has 0 saturated carbocycles. The number of halogens is 3. The van der Waals surface area contributed by atoms with Crippen LogP contribution in [0.5, 0.6) is 5.75 Å². The van der Waals surface area contributed by atoms with Crippen molar-refractivity contribution < 1.29 is 4.74 Å². The van der Waals surface area contributed by atoms with Gasteiger partial charge in [-0.2, -0.15) is 0 Å². The summed E-state index contributed by atoms with van der Waals surface area (Å²) in [6.07, 6.45) is 4.67. The fourth-order valence-corrected chi connectivity index (χ4v) is 4.31. The topological polar surface area (TPSA) is 12.5 Å². The quantitative estimate of drug-likeness (QED) is 0.460. The number of likely N-dealkylation sites (tertiary alicyclic amines) is 1. The molecule has 0 bridgehead atoms. The minimum absolute atomic E-state index is 0. The first kappa shape index (κ1) is 22.5. The van der Waals surface area contributed by atoms with E-state index in [4.69, 9.17) is 16.3 Å². The van der Waals surface area contributed by atoms with Gasteiger partial charge in [-0.05, 0) is 87.0 Å². The van der Waals surface area contributed by atoms with E-state index < -0.39 is 0 Å². The molecule has 1 saturated heterocycles. The van der Waals surface area contributed by atoms with E-state index in [1.807, 2.05) is 25.1 Å². The predicted molar refractivity (Wildman–Crippen MR) is 121 cm³/mol. The van der Waals surface area contributed by atoms with Gasteiger partial charge >= 0.3 is 0 Å². The van der Waals surface area contributed by atoms with Gasteiger partial charge in [0.1, 0.15) is 5.75 Å². The van der Waals surface area contributed by atoms with Crippen LogP contribution in [-0.2, 0) is 12.8 Å². The summed E-state index contributed by atoms with van der Waals surface area (Å²) in [5.41, 5.74) is 2.62. The molecule has 0 aliphatic carbocycles. The molecular formula is C22H28BrCl2NO. The van der Waals surface area contributed by atoms with Gasteiger partial charge in [0, 0.05) is 16.0 Å². The first-order chi connectivity index (χ1) is 12.7. The van der Waals surface area contributed by atoms with Gasteiger partial charge in [-0.15, -0.1) is 12.4 Å². The number of hydrogen-bond donors (Lipinski definition) is 0. The molecule has 1 aliphatic heterocycles. The van der Waals surface area contributed by atoms with Crippen LogP contribution in [-0.4, -0.2) is 31.1 Å². The third kappa shape index (κ3) is 6.67. The number of rotatable bonds is 7. The number of piperidine rings is 1. The monoisotopic (exact) mass is 471 g/mol. The third-order valence-corrected chi connectivity index (χ3v) is 6.34. The lowest BCUT2D eigenvalue weighted by atomic mass is 9.90. The summed E-state index contributed by atoms with van der Waals surface area (Å²) in [6.45, 7) is 6.20. The minimum Gasteiger partial charge on any atom is -0.494 e. The Morgan fingerprint density at radius 2 is 1.85 bits per heavy atom. The molecule has 1 heterocycles. The molecule has 0 aromatic heterocycles. The predicted octanol–water partition coefficient (Wildman–Crippen LogP) is 6.42. The largest absolute Gasteiger partial charge is 0.494 e. The van der Waals surface area contributed by atoms with E-state index >= 15 is 0 Å². The summed E-state index contributed by atoms with van der Waals surface area (Å²) in [6, 6.07) is 14.5. The van der Waals surface area contributed by atoms with Gasteiger partial charge in [0.05, 0.1) is 6.61 Å². The van der Waals surface area contributed by atoms with E-state index in [-0.39, 0.29) is 12.4 Å². The molecule has 148 valence electrons. The summed E-state index contributed by atoms with van der Waals surface area (Å²) in [4.78, 5) is 2.57. The lowest BCUT2D eigenvalue weighted by Crippen LogP contribution is -2.35. The van der Waals surface area contributed by atoms with Crippen LogP contribution in [0.1, 0.15) is 30.9 Å². The van der Waals surface area contributed by atoms with Gasteiger partial charge in [-0.3, -0.25) is 0 Å². The highest BCUT2D eigenvalue weighted by Gasteiger charge is 2.20. The molecule has 2 nitrogen and oxygen atoms in total. The van der Waals surface area contributed by atoms with Gasteiger partial charge in [-0.1, -0.05) is 45.7 Å². The molecule has 2 aromatic rings. The Kier molecular flexibility index (Phi) is 9.44. The fraction of sp³-hybridized carbons (Fsp3) is 0.455. The van der Waals surface area contributed by atoms with Gasteiger partial charge in [0.2, 0.25) is 0 Å². The SMILES string of the molecule is CCOc1ccc(Br)c(CC2CCN(CCc3ccccc3Cl)CC2)c1.Cl. The highest BCUT2D eigenvalue weighted by molar-refractivity contribution is 9.10. The molecule has 2 aromatic carbocycles. The van der Waals surface area contributed by atoms with Crippen molar-refractivity contribution >= 4 is 39.9 Å². The second-order valence-corrected chi connectivity index (χ2v) is 8.28. The van der Waals surface area contributed by atoms with Gasteiger partial charge in [-0.25, -0.2) is 0 Å². The van der Waals surface area contributed by atoms with Crippen LogP contribution in [0.3, 0.4) is 0 Å². The Morgan fingerprint density at radius 3 is 2.56 bits per heavy atom. The van der Waals surface area contributed by atoms with Crippen LogP contribution in [0, 0.1) is 5.92 Å². The van der Waals surface area contributed by atoms with E-state index in [9.17, 15) is 0 Å². The van der Waals surface area contributed by atoms with Crippen molar-refractivity contribution in [2.24, 2.45) is 5.92 Å². The highest BCUT2D eigenvalue weighted by atomic mass is 79.9. The standard InChI is InChI=1S/C22H27BrClNO.ClH/c1-2-26-20-7-8-21(23)19(16-20)15-17-9-12-25(13-10-17)14-11-18-5-3-4-6-22(18)24;/h3-8,16-17H,2,9-15H2,1H3;1H. The molecule has 5 heteroatoms. The molecule has 1 aliphatic rings. The Bertz CT molecular complexity index is 717. The maximum atomic E-state index is 6.27. The zero-order valence-electron chi connectivity index (χ0n) is 15.8. The van der Waals surface area contributed by atoms with Crippen LogP contribution in [0.4, 0.5) is 0 Å². The number of benzene rings is 2. The highest BCUT2D eigenvalue weighted by Crippen LogP contribution is 2.29. The maximum absolute atomic E-state index is 6.27. The van der Waals surface area contributed by atoms with Crippen molar-refractivity contribution in [3.8, 4) is 5.75 Å². The van der Waals surface area contributed by atoms with Gasteiger partial charge in [0.25, 0.3) is 0 Å². The minimum atomic E-state index is 0. The Morgan fingerprint density at radius 1 is 1.11 bits per heavy atom. The van der Waals surface area contributed by atoms with Crippen molar-refractivity contribution in [3.05, 3.63) is 63.1 Å². The Labute approximate surface area is 182 Å². The zero-order valence-corrected chi connectivity index (χ0v) is 19.0. The molecule has 0 atom stereocenters. The lowest BCUT2D eigenvalue weighted by Gasteiger charge is -2.32. The summed E-state index contributed by atoms with van der Waals surface area (Å²) >= 11 is 9.97. The summed E-state index contributed by atoms with van der Waals surface area (Å²) in [5, 5.41) is 0.890. The van der Waals surface area contributed by atoms with Crippen LogP contribution in [0.15, 0.2) is 46.9 Å². The molecule has 3 rings (SSSR count). The molecule has 0 unspecified atom stereocenters. The molecule has 27 heavy (non-hydrogen) atoms. The fourth-order valence-electron chi connectivity index (χ4n) is 3.67. The normalized spacial score (nSPS) is 15.4. The smallest absolute Gasteiger partial charge is 0.119 e. The lowest BCUT2D eigenvalue weighted by molar-refractivity contribution is 0.185. The molecule has 0 N–H and O–H groups in total. The first-order valence-electron chi connectivity index (χ1n) is 9.52.